The van der Waals surface area contributed by atoms with Gasteiger partial charge in [0.1, 0.15) is 5.82 Å². The third kappa shape index (κ3) is 3.89. The van der Waals surface area contributed by atoms with E-state index in [-0.39, 0.29) is 5.82 Å². The Balaban J connectivity index is 1.38. The van der Waals surface area contributed by atoms with Crippen molar-refractivity contribution in [1.29, 1.82) is 0 Å². The van der Waals surface area contributed by atoms with Crippen LogP contribution in [0.3, 0.4) is 0 Å². The standard InChI is InChI=1S/C17H12FN5OS2/c18-12-8-4-5-9-13(12)19-16-21-22-17(26-16)25-10-14-20-15(23-24-14)11-6-2-1-3-7-11/h1-9H,10H2,(H,19,21). The lowest BCUT2D eigenvalue weighted by Gasteiger charge is -2.01. The molecule has 0 saturated heterocycles. The summed E-state index contributed by atoms with van der Waals surface area (Å²) in [7, 11) is 0. The smallest absolute Gasteiger partial charge is 0.237 e. The fourth-order valence-electron chi connectivity index (χ4n) is 2.14. The van der Waals surface area contributed by atoms with Crippen molar-refractivity contribution in [3.63, 3.8) is 0 Å². The molecule has 0 spiro atoms. The Hall–Kier alpha value is -2.78. The number of hydrogen-bond acceptors (Lipinski definition) is 8. The minimum atomic E-state index is -0.337. The molecule has 4 aromatic rings. The first-order valence-corrected chi connectivity index (χ1v) is 9.44. The number of nitrogens with one attached hydrogen (secondary N) is 1. The van der Waals surface area contributed by atoms with Crippen LogP contribution >= 0.6 is 23.1 Å². The Labute approximate surface area is 156 Å². The summed E-state index contributed by atoms with van der Waals surface area (Å²) < 4.78 is 19.6. The van der Waals surface area contributed by atoms with E-state index in [9.17, 15) is 4.39 Å². The molecule has 0 aliphatic rings. The Kier molecular flexibility index (Phi) is 4.89. The maximum Gasteiger partial charge on any atom is 0.237 e. The zero-order valence-corrected chi connectivity index (χ0v) is 14.9. The maximum absolute atomic E-state index is 13.7. The van der Waals surface area contributed by atoms with Crippen LogP contribution in [0.15, 0.2) is 63.5 Å². The molecule has 0 atom stereocenters. The van der Waals surface area contributed by atoms with Crippen molar-refractivity contribution in [1.82, 2.24) is 20.3 Å². The van der Waals surface area contributed by atoms with Gasteiger partial charge in [-0.3, -0.25) is 0 Å². The van der Waals surface area contributed by atoms with E-state index in [0.29, 0.717) is 28.3 Å². The van der Waals surface area contributed by atoms with Gasteiger partial charge in [-0.2, -0.15) is 4.98 Å². The van der Waals surface area contributed by atoms with Crippen molar-refractivity contribution >= 4 is 33.9 Å². The first-order chi connectivity index (χ1) is 12.8. The number of nitrogens with zero attached hydrogens (tertiary/aromatic N) is 4. The van der Waals surface area contributed by atoms with Gasteiger partial charge in [0.15, 0.2) is 4.34 Å². The van der Waals surface area contributed by atoms with Gasteiger partial charge in [0.05, 0.1) is 11.4 Å². The first kappa shape index (κ1) is 16.7. The van der Waals surface area contributed by atoms with Gasteiger partial charge in [-0.25, -0.2) is 4.39 Å². The second-order valence-electron chi connectivity index (χ2n) is 5.14. The molecule has 2 aromatic carbocycles. The highest BCUT2D eigenvalue weighted by Gasteiger charge is 2.12. The quantitative estimate of drug-likeness (QED) is 0.479. The van der Waals surface area contributed by atoms with Crippen molar-refractivity contribution in [2.24, 2.45) is 0 Å². The van der Waals surface area contributed by atoms with Crippen molar-refractivity contribution in [2.45, 2.75) is 10.1 Å². The van der Waals surface area contributed by atoms with E-state index < -0.39 is 0 Å². The lowest BCUT2D eigenvalue weighted by atomic mass is 10.2. The number of halogens is 1. The fourth-order valence-corrected chi connectivity index (χ4v) is 3.74. The average Bonchev–Trinajstić information content (AvgIpc) is 3.32. The summed E-state index contributed by atoms with van der Waals surface area (Å²) >= 11 is 2.76. The van der Waals surface area contributed by atoms with Crippen molar-refractivity contribution in [3.05, 3.63) is 66.3 Å². The summed E-state index contributed by atoms with van der Waals surface area (Å²) in [6, 6.07) is 16.0. The van der Waals surface area contributed by atoms with E-state index >= 15 is 0 Å². The molecule has 2 heterocycles. The lowest BCUT2D eigenvalue weighted by molar-refractivity contribution is 0.391. The van der Waals surface area contributed by atoms with Crippen molar-refractivity contribution in [2.75, 3.05) is 5.32 Å². The van der Waals surface area contributed by atoms with Crippen LogP contribution in [-0.2, 0) is 5.75 Å². The molecule has 1 N–H and O–H groups in total. The number of benzene rings is 2. The molecule has 0 aliphatic heterocycles. The monoisotopic (exact) mass is 385 g/mol. The van der Waals surface area contributed by atoms with E-state index in [1.807, 2.05) is 30.3 Å². The van der Waals surface area contributed by atoms with Gasteiger partial charge in [0.2, 0.25) is 16.8 Å². The number of thioether (sulfide) groups is 1. The second kappa shape index (κ2) is 7.63. The van der Waals surface area contributed by atoms with Crippen LogP contribution in [0.25, 0.3) is 11.4 Å². The minimum absolute atomic E-state index is 0.337. The number of anilines is 2. The highest BCUT2D eigenvalue weighted by Crippen LogP contribution is 2.30. The van der Waals surface area contributed by atoms with Gasteiger partial charge in [0, 0.05) is 5.56 Å². The summed E-state index contributed by atoms with van der Waals surface area (Å²) in [4.78, 5) is 4.37. The molecular formula is C17H12FN5OS2. The summed E-state index contributed by atoms with van der Waals surface area (Å²) in [5, 5.41) is 15.5. The highest BCUT2D eigenvalue weighted by atomic mass is 32.2. The summed E-state index contributed by atoms with van der Waals surface area (Å²) in [5.74, 6) is 1.21. The largest absolute Gasteiger partial charge is 0.338 e. The molecule has 0 fully saturated rings. The fraction of sp³-hybridized carbons (Fsp3) is 0.0588. The van der Waals surface area contributed by atoms with Crippen molar-refractivity contribution < 1.29 is 8.91 Å². The first-order valence-electron chi connectivity index (χ1n) is 7.64. The topological polar surface area (TPSA) is 76.7 Å². The molecule has 2 aromatic heterocycles. The van der Waals surface area contributed by atoms with Gasteiger partial charge >= 0.3 is 0 Å². The molecule has 0 aliphatic carbocycles. The molecular weight excluding hydrogens is 373 g/mol. The molecule has 0 saturated carbocycles. The molecule has 4 rings (SSSR count). The lowest BCUT2D eigenvalue weighted by Crippen LogP contribution is -1.92. The van der Waals surface area contributed by atoms with E-state index in [4.69, 9.17) is 4.52 Å². The average molecular weight is 385 g/mol. The van der Waals surface area contributed by atoms with Gasteiger partial charge in [0.25, 0.3) is 0 Å². The molecule has 0 bridgehead atoms. The van der Waals surface area contributed by atoms with Crippen LogP contribution in [0.5, 0.6) is 0 Å². The van der Waals surface area contributed by atoms with Gasteiger partial charge in [-0.15, -0.1) is 10.2 Å². The van der Waals surface area contributed by atoms with Crippen LogP contribution in [0.4, 0.5) is 15.2 Å². The van der Waals surface area contributed by atoms with E-state index in [2.05, 4.69) is 25.7 Å². The Morgan fingerprint density at radius 2 is 1.85 bits per heavy atom. The number of rotatable bonds is 6. The van der Waals surface area contributed by atoms with Crippen molar-refractivity contribution in [3.8, 4) is 11.4 Å². The second-order valence-corrected chi connectivity index (χ2v) is 7.34. The van der Waals surface area contributed by atoms with E-state index in [1.165, 1.54) is 29.2 Å². The SMILES string of the molecule is Fc1ccccc1Nc1nnc(SCc2nc(-c3ccccc3)no2)s1. The highest BCUT2D eigenvalue weighted by molar-refractivity contribution is 8.00. The zero-order valence-electron chi connectivity index (χ0n) is 13.3. The van der Waals surface area contributed by atoms with Crippen LogP contribution in [0.1, 0.15) is 5.89 Å². The number of para-hydroxylation sites is 1. The number of aromatic nitrogens is 4. The zero-order chi connectivity index (χ0) is 17.8. The molecule has 0 radical (unpaired) electrons. The van der Waals surface area contributed by atoms with Crippen LogP contribution in [0.2, 0.25) is 0 Å². The molecule has 130 valence electrons. The third-order valence-electron chi connectivity index (χ3n) is 3.34. The predicted octanol–water partition coefficient (Wildman–Crippen LogP) is 4.76. The third-order valence-corrected chi connectivity index (χ3v) is 5.30. The Bertz CT molecular complexity index is 1010. The van der Waals surface area contributed by atoms with Gasteiger partial charge in [-0.05, 0) is 12.1 Å². The normalized spacial score (nSPS) is 10.8. The molecule has 6 nitrogen and oxygen atoms in total. The molecule has 26 heavy (non-hydrogen) atoms. The Morgan fingerprint density at radius 1 is 1.04 bits per heavy atom. The number of hydrogen-bond donors (Lipinski definition) is 1. The summed E-state index contributed by atoms with van der Waals surface area (Å²) in [5.41, 5.74) is 1.27. The van der Waals surface area contributed by atoms with E-state index in [1.54, 1.807) is 18.2 Å². The minimum Gasteiger partial charge on any atom is -0.338 e. The van der Waals surface area contributed by atoms with Crippen LogP contribution < -0.4 is 5.32 Å². The summed E-state index contributed by atoms with van der Waals surface area (Å²) in [6.45, 7) is 0. The molecule has 9 heteroatoms. The molecule has 0 amide bonds. The maximum atomic E-state index is 13.7. The van der Waals surface area contributed by atoms with E-state index in [0.717, 1.165) is 9.90 Å². The van der Waals surface area contributed by atoms with Crippen LogP contribution in [-0.4, -0.2) is 20.3 Å². The molecule has 0 unspecified atom stereocenters. The summed E-state index contributed by atoms with van der Waals surface area (Å²) in [6.07, 6.45) is 0. The van der Waals surface area contributed by atoms with Gasteiger partial charge < -0.3 is 9.84 Å². The van der Waals surface area contributed by atoms with Gasteiger partial charge in [-0.1, -0.05) is 70.7 Å². The van der Waals surface area contributed by atoms with Crippen LogP contribution in [0, 0.1) is 5.82 Å². The predicted molar refractivity (Wildman–Crippen MR) is 98.9 cm³/mol. The Morgan fingerprint density at radius 3 is 2.69 bits per heavy atom.